The van der Waals surface area contributed by atoms with E-state index in [9.17, 15) is 9.59 Å². The molecule has 2 N–H and O–H groups in total. The first-order valence-corrected chi connectivity index (χ1v) is 9.79. The van der Waals surface area contributed by atoms with E-state index in [2.05, 4.69) is 41.8 Å². The van der Waals surface area contributed by atoms with Crippen LogP contribution < -0.4 is 10.6 Å². The van der Waals surface area contributed by atoms with Crippen molar-refractivity contribution in [3.63, 3.8) is 0 Å². The number of carbonyl (C=O) groups is 2. The molecular weight excluding hydrogens is 370 g/mol. The van der Waals surface area contributed by atoms with Gasteiger partial charge in [0.25, 0.3) is 0 Å². The fourth-order valence-corrected chi connectivity index (χ4v) is 3.38. The van der Waals surface area contributed by atoms with Crippen molar-refractivity contribution in [3.8, 4) is 0 Å². The van der Waals surface area contributed by atoms with Crippen LogP contribution >= 0.6 is 0 Å². The molecule has 0 saturated carbocycles. The average Bonchev–Trinajstić information content (AvgIpc) is 3.23. The molecule has 2 amide bonds. The molecule has 0 aliphatic carbocycles. The number of nitrogens with zero attached hydrogens (tertiary/aromatic N) is 1. The van der Waals surface area contributed by atoms with Crippen molar-refractivity contribution in [1.82, 2.24) is 15.5 Å². The van der Waals surface area contributed by atoms with Gasteiger partial charge < -0.3 is 19.8 Å². The Morgan fingerprint density at radius 1 is 1.14 bits per heavy atom. The molecular formula is C22H27N3O4. The maximum Gasteiger partial charge on any atom is 0.338 e. The minimum Gasteiger partial charge on any atom is -0.467 e. The van der Waals surface area contributed by atoms with Crippen LogP contribution in [-0.4, -0.2) is 37.1 Å². The third-order valence-corrected chi connectivity index (χ3v) is 4.79. The third-order valence-electron chi connectivity index (χ3n) is 4.79. The zero-order chi connectivity index (χ0) is 20.8. The lowest BCUT2D eigenvalue weighted by molar-refractivity contribution is -0.139. The Balaban J connectivity index is 1.85. The third kappa shape index (κ3) is 5.06. The van der Waals surface area contributed by atoms with Crippen molar-refractivity contribution in [2.24, 2.45) is 0 Å². The van der Waals surface area contributed by atoms with Gasteiger partial charge in [0, 0.05) is 18.8 Å². The highest BCUT2D eigenvalue weighted by molar-refractivity contribution is 5.95. The molecule has 0 fully saturated rings. The molecule has 1 aromatic heterocycles. The van der Waals surface area contributed by atoms with E-state index < -0.39 is 12.0 Å². The molecule has 3 rings (SSSR count). The number of hydrogen-bond donors (Lipinski definition) is 2. The molecule has 1 aliphatic heterocycles. The van der Waals surface area contributed by atoms with Crippen LogP contribution in [0.1, 0.15) is 36.8 Å². The zero-order valence-electron chi connectivity index (χ0n) is 17.0. The molecule has 1 aromatic carbocycles. The summed E-state index contributed by atoms with van der Waals surface area (Å²) in [6.07, 6.45) is 2.51. The van der Waals surface area contributed by atoms with Crippen LogP contribution in [0.4, 0.5) is 4.79 Å². The fourth-order valence-electron chi connectivity index (χ4n) is 3.38. The molecule has 154 valence electrons. The SMILES string of the molecule is CCOC(=O)C1=C(CN(C)Cc2ccc(CC)cc2)NC(=O)NC1c1ccco1. The predicted molar refractivity (Wildman–Crippen MR) is 109 cm³/mol. The van der Waals surface area contributed by atoms with Crippen LogP contribution in [0.3, 0.4) is 0 Å². The molecule has 29 heavy (non-hydrogen) atoms. The van der Waals surface area contributed by atoms with Gasteiger partial charge in [0.1, 0.15) is 11.8 Å². The zero-order valence-corrected chi connectivity index (χ0v) is 17.0. The number of benzene rings is 1. The summed E-state index contributed by atoms with van der Waals surface area (Å²) in [5.41, 5.74) is 3.32. The van der Waals surface area contributed by atoms with Crippen LogP contribution in [0.2, 0.25) is 0 Å². The van der Waals surface area contributed by atoms with E-state index in [1.807, 2.05) is 11.9 Å². The van der Waals surface area contributed by atoms with Crippen LogP contribution in [-0.2, 0) is 22.5 Å². The van der Waals surface area contributed by atoms with Crippen molar-refractivity contribution in [2.45, 2.75) is 32.9 Å². The summed E-state index contributed by atoms with van der Waals surface area (Å²) < 4.78 is 10.7. The minimum atomic E-state index is -0.690. The average molecular weight is 397 g/mol. The molecule has 1 atom stereocenters. The molecule has 0 spiro atoms. The van der Waals surface area contributed by atoms with Crippen molar-refractivity contribution in [2.75, 3.05) is 20.2 Å². The first-order valence-electron chi connectivity index (χ1n) is 9.79. The number of rotatable bonds is 8. The topological polar surface area (TPSA) is 83.8 Å². The van der Waals surface area contributed by atoms with E-state index in [4.69, 9.17) is 9.15 Å². The Bertz CT molecular complexity index is 872. The van der Waals surface area contributed by atoms with E-state index in [-0.39, 0.29) is 12.6 Å². The number of nitrogens with one attached hydrogen (secondary N) is 2. The van der Waals surface area contributed by atoms with Gasteiger partial charge in [-0.05, 0) is 43.7 Å². The number of urea groups is 1. The number of carbonyl (C=O) groups excluding carboxylic acids is 2. The van der Waals surface area contributed by atoms with Crippen molar-refractivity contribution in [1.29, 1.82) is 0 Å². The number of ether oxygens (including phenoxy) is 1. The fraction of sp³-hybridized carbons (Fsp3) is 0.364. The van der Waals surface area contributed by atoms with E-state index >= 15 is 0 Å². The number of likely N-dealkylation sites (N-methyl/N-ethyl adjacent to an activating group) is 1. The first-order chi connectivity index (χ1) is 14.0. The molecule has 0 bridgehead atoms. The smallest absolute Gasteiger partial charge is 0.338 e. The maximum absolute atomic E-state index is 12.7. The lowest BCUT2D eigenvalue weighted by atomic mass is 9.99. The lowest BCUT2D eigenvalue weighted by Crippen LogP contribution is -2.48. The highest BCUT2D eigenvalue weighted by Crippen LogP contribution is 2.28. The Kier molecular flexibility index (Phi) is 6.72. The van der Waals surface area contributed by atoms with Crippen LogP contribution in [0.5, 0.6) is 0 Å². The minimum absolute atomic E-state index is 0.244. The number of esters is 1. The normalized spacial score (nSPS) is 16.6. The second-order valence-corrected chi connectivity index (χ2v) is 7.00. The highest BCUT2D eigenvalue weighted by Gasteiger charge is 2.35. The van der Waals surface area contributed by atoms with E-state index in [1.54, 1.807) is 19.1 Å². The van der Waals surface area contributed by atoms with Crippen LogP contribution in [0.25, 0.3) is 0 Å². The number of furan rings is 1. The Hall–Kier alpha value is -3.06. The molecule has 2 aromatic rings. The monoisotopic (exact) mass is 397 g/mol. The van der Waals surface area contributed by atoms with E-state index in [0.717, 1.165) is 12.0 Å². The summed E-state index contributed by atoms with van der Waals surface area (Å²) in [4.78, 5) is 27.0. The van der Waals surface area contributed by atoms with Gasteiger partial charge >= 0.3 is 12.0 Å². The van der Waals surface area contributed by atoms with Gasteiger partial charge in [0.05, 0.1) is 18.4 Å². The number of hydrogen-bond acceptors (Lipinski definition) is 5. The summed E-state index contributed by atoms with van der Waals surface area (Å²) in [6.45, 7) is 5.18. The lowest BCUT2D eigenvalue weighted by Gasteiger charge is -2.30. The standard InChI is InChI=1S/C22H27N3O4/c1-4-15-8-10-16(11-9-15)13-25(3)14-17-19(21(26)28-5-2)20(24-22(27)23-17)18-7-6-12-29-18/h6-12,20H,4-5,13-14H2,1-3H3,(H2,23,24,27). The van der Waals surface area contributed by atoms with Gasteiger partial charge in [-0.1, -0.05) is 31.2 Å². The second-order valence-electron chi connectivity index (χ2n) is 7.00. The Morgan fingerprint density at radius 3 is 2.48 bits per heavy atom. The Labute approximate surface area is 170 Å². The van der Waals surface area contributed by atoms with Gasteiger partial charge in [-0.15, -0.1) is 0 Å². The van der Waals surface area contributed by atoms with E-state index in [0.29, 0.717) is 30.1 Å². The maximum atomic E-state index is 12.7. The van der Waals surface area contributed by atoms with Crippen molar-refractivity contribution in [3.05, 3.63) is 70.8 Å². The first kappa shape index (κ1) is 20.7. The van der Waals surface area contributed by atoms with Crippen molar-refractivity contribution < 1.29 is 18.7 Å². The van der Waals surface area contributed by atoms with Gasteiger partial charge in [-0.25, -0.2) is 9.59 Å². The predicted octanol–water partition coefficient (Wildman–Crippen LogP) is 3.15. The molecule has 7 nitrogen and oxygen atoms in total. The summed E-state index contributed by atoms with van der Waals surface area (Å²) in [5, 5.41) is 5.53. The molecule has 2 heterocycles. The molecule has 1 unspecified atom stereocenters. The molecule has 7 heteroatoms. The van der Waals surface area contributed by atoms with Gasteiger partial charge in [-0.2, -0.15) is 0 Å². The van der Waals surface area contributed by atoms with Gasteiger partial charge in [-0.3, -0.25) is 4.90 Å². The summed E-state index contributed by atoms with van der Waals surface area (Å²) in [6, 6.07) is 10.8. The molecule has 0 radical (unpaired) electrons. The number of amides is 2. The van der Waals surface area contributed by atoms with Crippen LogP contribution in [0.15, 0.2) is 58.3 Å². The van der Waals surface area contributed by atoms with Gasteiger partial charge in [0.2, 0.25) is 0 Å². The molecule has 0 saturated heterocycles. The highest BCUT2D eigenvalue weighted by atomic mass is 16.5. The Morgan fingerprint density at radius 2 is 1.86 bits per heavy atom. The number of aryl methyl sites for hydroxylation is 1. The molecule has 1 aliphatic rings. The quantitative estimate of drug-likeness (QED) is 0.669. The summed E-state index contributed by atoms with van der Waals surface area (Å²) in [5.74, 6) is 0.00955. The van der Waals surface area contributed by atoms with Gasteiger partial charge in [0.15, 0.2) is 0 Å². The second kappa shape index (κ2) is 9.43. The van der Waals surface area contributed by atoms with Crippen molar-refractivity contribution >= 4 is 12.0 Å². The summed E-state index contributed by atoms with van der Waals surface area (Å²) in [7, 11) is 1.94. The summed E-state index contributed by atoms with van der Waals surface area (Å²) >= 11 is 0. The largest absolute Gasteiger partial charge is 0.467 e. The van der Waals surface area contributed by atoms with Crippen LogP contribution in [0, 0.1) is 0 Å². The van der Waals surface area contributed by atoms with E-state index in [1.165, 1.54) is 11.8 Å².